The Morgan fingerprint density at radius 3 is 2.31 bits per heavy atom. The van der Waals surface area contributed by atoms with Crippen molar-refractivity contribution in [3.8, 4) is 11.5 Å². The summed E-state index contributed by atoms with van der Waals surface area (Å²) in [6, 6.07) is 4.14. The number of halogens is 1. The number of ether oxygens (including phenoxy) is 2. The monoisotopic (exact) mass is 247 g/mol. The van der Waals surface area contributed by atoms with Crippen molar-refractivity contribution in [1.82, 2.24) is 0 Å². The molecule has 0 aromatic heterocycles. The largest absolute Gasteiger partial charge is 1.00 e. The van der Waals surface area contributed by atoms with E-state index in [0.29, 0.717) is 17.1 Å². The number of aliphatic carboxylic acids is 1. The molecular weight excluding hydrogens is 234 g/mol. The molecule has 0 aliphatic heterocycles. The van der Waals surface area contributed by atoms with E-state index in [2.05, 4.69) is 5.73 Å². The van der Waals surface area contributed by atoms with E-state index in [1.54, 1.807) is 18.2 Å². The van der Waals surface area contributed by atoms with E-state index >= 15 is 0 Å². The highest BCUT2D eigenvalue weighted by Crippen LogP contribution is 2.28. The molecule has 1 atom stereocenters. The molecule has 0 bridgehead atoms. The minimum absolute atomic E-state index is 0. The summed E-state index contributed by atoms with van der Waals surface area (Å²) in [5, 5.41) is 8.79. The molecule has 0 radical (unpaired) electrons. The number of carbonyl (C=O) groups is 1. The smallest absolute Gasteiger partial charge is 0.367 e. The molecule has 0 fully saturated rings. The normalized spacial score (nSPS) is 11.2. The van der Waals surface area contributed by atoms with Crippen LogP contribution in [0.4, 0.5) is 0 Å². The van der Waals surface area contributed by atoms with E-state index in [9.17, 15) is 4.79 Å². The molecule has 0 saturated heterocycles. The Morgan fingerprint density at radius 2 is 1.88 bits per heavy atom. The molecule has 1 unspecified atom stereocenters. The molecule has 6 heteroatoms. The number of rotatable bonds is 4. The van der Waals surface area contributed by atoms with Crippen LogP contribution < -0.4 is 27.6 Å². The fourth-order valence-electron chi connectivity index (χ4n) is 1.21. The summed E-state index contributed by atoms with van der Waals surface area (Å²) >= 11 is 0. The van der Waals surface area contributed by atoms with Gasteiger partial charge in [-0.05, 0) is 18.2 Å². The number of methoxy groups -OCH3 is 2. The number of hydrogen-bond acceptors (Lipinski definition) is 3. The van der Waals surface area contributed by atoms with Gasteiger partial charge in [0.25, 0.3) is 0 Å². The Kier molecular flexibility index (Phi) is 5.63. The molecule has 90 valence electrons. The molecule has 16 heavy (non-hydrogen) atoms. The third-order valence-corrected chi connectivity index (χ3v) is 2.11. The van der Waals surface area contributed by atoms with Crippen LogP contribution in [-0.2, 0) is 4.79 Å². The molecular formula is C10H14ClNO4. The van der Waals surface area contributed by atoms with Crippen LogP contribution in [0.15, 0.2) is 18.2 Å². The van der Waals surface area contributed by atoms with Gasteiger partial charge in [-0.3, -0.25) is 0 Å². The first kappa shape index (κ1) is 14.5. The van der Waals surface area contributed by atoms with Gasteiger partial charge in [-0.15, -0.1) is 0 Å². The molecule has 0 saturated carbocycles. The van der Waals surface area contributed by atoms with E-state index in [0.717, 1.165) is 0 Å². The molecule has 5 nitrogen and oxygen atoms in total. The highest BCUT2D eigenvalue weighted by atomic mass is 35.5. The molecule has 0 amide bonds. The van der Waals surface area contributed by atoms with Crippen LogP contribution in [0, 0.1) is 0 Å². The summed E-state index contributed by atoms with van der Waals surface area (Å²) < 4.78 is 10.1. The Morgan fingerprint density at radius 1 is 1.31 bits per heavy atom. The van der Waals surface area contributed by atoms with Gasteiger partial charge >= 0.3 is 5.97 Å². The summed E-state index contributed by atoms with van der Waals surface area (Å²) in [4.78, 5) is 10.7. The second-order valence-corrected chi connectivity index (χ2v) is 3.01. The van der Waals surface area contributed by atoms with Crippen molar-refractivity contribution in [2.45, 2.75) is 6.04 Å². The second-order valence-electron chi connectivity index (χ2n) is 3.01. The van der Waals surface area contributed by atoms with E-state index in [-0.39, 0.29) is 12.4 Å². The predicted molar refractivity (Wildman–Crippen MR) is 52.8 cm³/mol. The van der Waals surface area contributed by atoms with Gasteiger partial charge in [0.2, 0.25) is 6.04 Å². The maximum absolute atomic E-state index is 10.7. The van der Waals surface area contributed by atoms with Crippen molar-refractivity contribution >= 4 is 5.97 Å². The van der Waals surface area contributed by atoms with Crippen LogP contribution >= 0.6 is 0 Å². The van der Waals surface area contributed by atoms with Gasteiger partial charge in [0.15, 0.2) is 11.5 Å². The minimum Gasteiger partial charge on any atom is -1.00 e. The molecule has 0 aliphatic carbocycles. The van der Waals surface area contributed by atoms with E-state index in [1.165, 1.54) is 14.2 Å². The molecule has 1 rings (SSSR count). The summed E-state index contributed by atoms with van der Waals surface area (Å²) in [7, 11) is 3.02. The van der Waals surface area contributed by atoms with Crippen molar-refractivity contribution in [2.75, 3.05) is 14.2 Å². The van der Waals surface area contributed by atoms with Gasteiger partial charge in [0.05, 0.1) is 14.2 Å². The summed E-state index contributed by atoms with van der Waals surface area (Å²) in [6.45, 7) is 0. The number of carboxylic acids is 1. The lowest BCUT2D eigenvalue weighted by atomic mass is 10.1. The van der Waals surface area contributed by atoms with Gasteiger partial charge in [-0.1, -0.05) is 0 Å². The van der Waals surface area contributed by atoms with Crippen LogP contribution in [0.3, 0.4) is 0 Å². The zero-order valence-corrected chi connectivity index (χ0v) is 9.82. The van der Waals surface area contributed by atoms with Crippen molar-refractivity contribution in [1.29, 1.82) is 0 Å². The highest BCUT2D eigenvalue weighted by molar-refractivity contribution is 5.74. The lowest BCUT2D eigenvalue weighted by Gasteiger charge is -2.10. The van der Waals surface area contributed by atoms with Gasteiger partial charge in [0, 0.05) is 5.56 Å². The third-order valence-electron chi connectivity index (χ3n) is 2.11. The quantitative estimate of drug-likeness (QED) is 0.597. The zero-order valence-electron chi connectivity index (χ0n) is 9.07. The fraction of sp³-hybridized carbons (Fsp3) is 0.300. The van der Waals surface area contributed by atoms with Gasteiger partial charge < -0.3 is 32.7 Å². The van der Waals surface area contributed by atoms with E-state index in [4.69, 9.17) is 14.6 Å². The molecule has 0 aliphatic rings. The summed E-state index contributed by atoms with van der Waals surface area (Å²) in [5.41, 5.74) is 4.13. The van der Waals surface area contributed by atoms with Crippen molar-refractivity contribution in [3.63, 3.8) is 0 Å². The minimum atomic E-state index is -0.970. The van der Waals surface area contributed by atoms with Crippen LogP contribution in [0.1, 0.15) is 11.6 Å². The first-order chi connectivity index (χ1) is 7.10. The SMILES string of the molecule is COc1ccc(C([NH3+])C(=O)O)cc1OC.[Cl-]. The maximum Gasteiger partial charge on any atom is 0.367 e. The van der Waals surface area contributed by atoms with Crippen molar-refractivity contribution in [2.24, 2.45) is 0 Å². The molecule has 1 aromatic rings. The molecule has 1 aromatic carbocycles. The number of benzene rings is 1. The van der Waals surface area contributed by atoms with Crippen LogP contribution in [-0.4, -0.2) is 25.3 Å². The average Bonchev–Trinajstić information content (AvgIpc) is 2.26. The lowest BCUT2D eigenvalue weighted by Crippen LogP contribution is -3.00. The highest BCUT2D eigenvalue weighted by Gasteiger charge is 2.19. The zero-order chi connectivity index (χ0) is 11.4. The van der Waals surface area contributed by atoms with Crippen molar-refractivity contribution in [3.05, 3.63) is 23.8 Å². The Hall–Kier alpha value is -1.46. The molecule has 0 spiro atoms. The van der Waals surface area contributed by atoms with Gasteiger partial charge in [0.1, 0.15) is 0 Å². The van der Waals surface area contributed by atoms with E-state index < -0.39 is 12.0 Å². The molecule has 0 heterocycles. The average molecular weight is 248 g/mol. The van der Waals surface area contributed by atoms with Crippen LogP contribution in [0.5, 0.6) is 11.5 Å². The first-order valence-electron chi connectivity index (χ1n) is 4.38. The number of carboxylic acid groups (broad SMARTS) is 1. The maximum atomic E-state index is 10.7. The topological polar surface area (TPSA) is 83.4 Å². The summed E-state index contributed by atoms with van der Waals surface area (Å²) in [6.07, 6.45) is 0. The summed E-state index contributed by atoms with van der Waals surface area (Å²) in [5.74, 6) is 0.103. The number of quaternary nitrogens is 1. The fourth-order valence-corrected chi connectivity index (χ4v) is 1.21. The molecule has 4 N–H and O–H groups in total. The van der Waals surface area contributed by atoms with Gasteiger partial charge in [-0.25, -0.2) is 4.79 Å². The lowest BCUT2D eigenvalue weighted by molar-refractivity contribution is -0.413. The van der Waals surface area contributed by atoms with Gasteiger partial charge in [-0.2, -0.15) is 0 Å². The predicted octanol–water partition coefficient (Wildman–Crippen LogP) is -2.92. The van der Waals surface area contributed by atoms with E-state index in [1.807, 2.05) is 0 Å². The number of hydrogen-bond donors (Lipinski definition) is 2. The third kappa shape index (κ3) is 3.01. The van der Waals surface area contributed by atoms with Crippen LogP contribution in [0.2, 0.25) is 0 Å². The Labute approximate surface area is 99.6 Å². The second kappa shape index (κ2) is 6.19. The van der Waals surface area contributed by atoms with Crippen molar-refractivity contribution < 1.29 is 37.5 Å². The standard InChI is InChI=1S/C10H13NO4.ClH/c1-14-7-4-3-6(5-8(7)15-2)9(11)10(12)13;/h3-5,9H,11H2,1-2H3,(H,12,13);1H. The Bertz CT molecular complexity index is 370. The van der Waals surface area contributed by atoms with Crippen LogP contribution in [0.25, 0.3) is 0 Å². The first-order valence-corrected chi connectivity index (χ1v) is 4.38. The Balaban J connectivity index is 0.00000225.